The van der Waals surface area contributed by atoms with Crippen LogP contribution >= 0.6 is 23.4 Å². The van der Waals surface area contributed by atoms with Crippen molar-refractivity contribution in [2.45, 2.75) is 0 Å². The highest BCUT2D eigenvalue weighted by molar-refractivity contribution is 8.00. The minimum Gasteiger partial charge on any atom is -0.396 e. The molecule has 0 aliphatic heterocycles. The molecule has 0 atom stereocenters. The SMILES string of the molecule is O=C(CSCCO)c1ccc(Cl)cc1. The highest BCUT2D eigenvalue weighted by Gasteiger charge is 2.04. The number of benzene rings is 1. The number of Topliss-reactive ketones (excluding diaryl/α,β-unsaturated/α-hetero) is 1. The summed E-state index contributed by atoms with van der Waals surface area (Å²) in [7, 11) is 0. The van der Waals surface area contributed by atoms with Gasteiger partial charge in [-0.1, -0.05) is 11.6 Å². The molecule has 0 bridgehead atoms. The number of carbonyl (C=O) groups is 1. The fourth-order valence-electron chi connectivity index (χ4n) is 0.949. The lowest BCUT2D eigenvalue weighted by Crippen LogP contribution is -2.03. The lowest BCUT2D eigenvalue weighted by atomic mass is 10.1. The van der Waals surface area contributed by atoms with Crippen LogP contribution in [0.15, 0.2) is 24.3 Å². The maximum atomic E-state index is 11.5. The van der Waals surface area contributed by atoms with Gasteiger partial charge in [0.15, 0.2) is 5.78 Å². The largest absolute Gasteiger partial charge is 0.396 e. The van der Waals surface area contributed by atoms with E-state index in [1.165, 1.54) is 11.8 Å². The summed E-state index contributed by atoms with van der Waals surface area (Å²) in [6.07, 6.45) is 0. The molecular weight excluding hydrogens is 220 g/mol. The Labute approximate surface area is 92.3 Å². The van der Waals surface area contributed by atoms with Gasteiger partial charge in [-0.05, 0) is 24.3 Å². The average molecular weight is 231 g/mol. The highest BCUT2D eigenvalue weighted by Crippen LogP contribution is 2.12. The molecule has 0 aromatic heterocycles. The Morgan fingerprint density at radius 3 is 2.57 bits per heavy atom. The molecule has 2 nitrogen and oxygen atoms in total. The smallest absolute Gasteiger partial charge is 0.172 e. The third kappa shape index (κ3) is 3.70. The second-order valence-electron chi connectivity index (χ2n) is 2.71. The second kappa shape index (κ2) is 6.06. The standard InChI is InChI=1S/C10H11ClO2S/c11-9-3-1-8(2-4-9)10(13)7-14-6-5-12/h1-4,12H,5-7H2. The summed E-state index contributed by atoms with van der Waals surface area (Å²) in [5, 5.41) is 9.17. The maximum Gasteiger partial charge on any atom is 0.172 e. The molecule has 14 heavy (non-hydrogen) atoms. The molecule has 0 radical (unpaired) electrons. The Hall–Kier alpha value is -0.510. The highest BCUT2D eigenvalue weighted by atomic mass is 35.5. The van der Waals surface area contributed by atoms with Crippen LogP contribution in [-0.2, 0) is 0 Å². The summed E-state index contributed by atoms with van der Waals surface area (Å²) in [5.74, 6) is 1.07. The van der Waals surface area contributed by atoms with Gasteiger partial charge in [0.05, 0.1) is 12.4 Å². The van der Waals surface area contributed by atoms with Gasteiger partial charge in [0, 0.05) is 16.3 Å². The lowest BCUT2D eigenvalue weighted by Gasteiger charge is -2.00. The first kappa shape index (κ1) is 11.6. The van der Waals surface area contributed by atoms with Crippen molar-refractivity contribution in [3.8, 4) is 0 Å². The number of hydrogen-bond acceptors (Lipinski definition) is 3. The predicted octanol–water partition coefficient (Wildman–Crippen LogP) is 2.25. The van der Waals surface area contributed by atoms with Crippen molar-refractivity contribution in [2.75, 3.05) is 18.1 Å². The van der Waals surface area contributed by atoms with Crippen molar-refractivity contribution in [1.29, 1.82) is 0 Å². The average Bonchev–Trinajstić information content (AvgIpc) is 2.19. The van der Waals surface area contributed by atoms with Crippen LogP contribution in [0.3, 0.4) is 0 Å². The van der Waals surface area contributed by atoms with Gasteiger partial charge in [-0.25, -0.2) is 0 Å². The third-order valence-corrected chi connectivity index (χ3v) is 2.82. The van der Waals surface area contributed by atoms with E-state index in [2.05, 4.69) is 0 Å². The fraction of sp³-hybridized carbons (Fsp3) is 0.300. The van der Waals surface area contributed by atoms with Crippen LogP contribution in [0, 0.1) is 0 Å². The van der Waals surface area contributed by atoms with E-state index in [0.717, 1.165) is 0 Å². The Morgan fingerprint density at radius 1 is 1.36 bits per heavy atom. The quantitative estimate of drug-likeness (QED) is 0.623. The van der Waals surface area contributed by atoms with E-state index in [4.69, 9.17) is 16.7 Å². The molecule has 0 heterocycles. The van der Waals surface area contributed by atoms with Gasteiger partial charge in [-0.15, -0.1) is 0 Å². The topological polar surface area (TPSA) is 37.3 Å². The molecule has 1 rings (SSSR count). The van der Waals surface area contributed by atoms with E-state index in [0.29, 0.717) is 22.1 Å². The van der Waals surface area contributed by atoms with E-state index in [9.17, 15) is 4.79 Å². The Kier molecular flexibility index (Phi) is 5.01. The zero-order valence-electron chi connectivity index (χ0n) is 7.57. The minimum absolute atomic E-state index is 0.0696. The first-order valence-electron chi connectivity index (χ1n) is 4.21. The van der Waals surface area contributed by atoms with Crippen molar-refractivity contribution in [1.82, 2.24) is 0 Å². The van der Waals surface area contributed by atoms with Crippen molar-refractivity contribution >= 4 is 29.1 Å². The van der Waals surface area contributed by atoms with Gasteiger partial charge in [-0.2, -0.15) is 11.8 Å². The molecule has 0 aliphatic carbocycles. The Balaban J connectivity index is 2.48. The van der Waals surface area contributed by atoms with Gasteiger partial charge in [0.2, 0.25) is 0 Å². The molecule has 1 aromatic carbocycles. The number of aliphatic hydroxyl groups is 1. The number of thioether (sulfide) groups is 1. The second-order valence-corrected chi connectivity index (χ2v) is 4.25. The molecule has 0 amide bonds. The molecule has 4 heteroatoms. The molecule has 0 saturated heterocycles. The van der Waals surface area contributed by atoms with Crippen LogP contribution in [0.5, 0.6) is 0 Å². The van der Waals surface area contributed by atoms with E-state index < -0.39 is 0 Å². The number of hydrogen-bond donors (Lipinski definition) is 1. The number of rotatable bonds is 5. The van der Waals surface area contributed by atoms with Gasteiger partial charge in [0.1, 0.15) is 0 Å². The monoisotopic (exact) mass is 230 g/mol. The first-order valence-corrected chi connectivity index (χ1v) is 5.74. The maximum absolute atomic E-state index is 11.5. The number of halogens is 1. The molecule has 1 N–H and O–H groups in total. The summed E-state index contributed by atoms with van der Waals surface area (Å²) in [4.78, 5) is 11.5. The predicted molar refractivity (Wildman–Crippen MR) is 60.2 cm³/mol. The zero-order chi connectivity index (χ0) is 10.4. The molecular formula is C10H11ClO2S. The fourth-order valence-corrected chi connectivity index (χ4v) is 1.70. The molecule has 0 aliphatic rings. The van der Waals surface area contributed by atoms with Gasteiger partial charge in [0.25, 0.3) is 0 Å². The van der Waals surface area contributed by atoms with Gasteiger partial charge < -0.3 is 5.11 Å². The van der Waals surface area contributed by atoms with E-state index in [-0.39, 0.29) is 12.4 Å². The van der Waals surface area contributed by atoms with Gasteiger partial charge >= 0.3 is 0 Å². The Bertz CT molecular complexity index is 297. The van der Waals surface area contributed by atoms with Crippen LogP contribution < -0.4 is 0 Å². The number of ketones is 1. The van der Waals surface area contributed by atoms with Crippen LogP contribution in [0.4, 0.5) is 0 Å². The van der Waals surface area contributed by atoms with Crippen LogP contribution in [0.25, 0.3) is 0 Å². The molecule has 0 unspecified atom stereocenters. The van der Waals surface area contributed by atoms with Crippen molar-refractivity contribution < 1.29 is 9.90 Å². The molecule has 0 fully saturated rings. The third-order valence-electron chi connectivity index (χ3n) is 1.63. The number of carbonyl (C=O) groups excluding carboxylic acids is 1. The molecule has 0 spiro atoms. The van der Waals surface area contributed by atoms with Crippen molar-refractivity contribution in [3.05, 3.63) is 34.9 Å². The van der Waals surface area contributed by atoms with Crippen molar-refractivity contribution in [3.63, 3.8) is 0 Å². The summed E-state index contributed by atoms with van der Waals surface area (Å²) in [5.41, 5.74) is 0.667. The lowest BCUT2D eigenvalue weighted by molar-refractivity contribution is 0.102. The normalized spacial score (nSPS) is 10.1. The molecule has 0 saturated carbocycles. The van der Waals surface area contributed by atoms with E-state index in [1.54, 1.807) is 24.3 Å². The minimum atomic E-state index is 0.0696. The van der Waals surface area contributed by atoms with Gasteiger partial charge in [-0.3, -0.25) is 4.79 Å². The number of aliphatic hydroxyl groups excluding tert-OH is 1. The summed E-state index contributed by atoms with van der Waals surface area (Å²) < 4.78 is 0. The first-order chi connectivity index (χ1) is 6.74. The van der Waals surface area contributed by atoms with Crippen LogP contribution in [0.2, 0.25) is 5.02 Å². The van der Waals surface area contributed by atoms with Crippen LogP contribution in [-0.4, -0.2) is 29.0 Å². The van der Waals surface area contributed by atoms with E-state index >= 15 is 0 Å². The zero-order valence-corrected chi connectivity index (χ0v) is 9.14. The van der Waals surface area contributed by atoms with Crippen molar-refractivity contribution in [2.24, 2.45) is 0 Å². The summed E-state index contributed by atoms with van der Waals surface area (Å²) in [6.45, 7) is 0.110. The summed E-state index contributed by atoms with van der Waals surface area (Å²) in [6, 6.07) is 6.82. The molecule has 1 aromatic rings. The van der Waals surface area contributed by atoms with E-state index in [1.807, 2.05) is 0 Å². The summed E-state index contributed by atoms with van der Waals surface area (Å²) >= 11 is 7.12. The van der Waals surface area contributed by atoms with Crippen LogP contribution in [0.1, 0.15) is 10.4 Å². The Morgan fingerprint density at radius 2 is 2.00 bits per heavy atom. The molecule has 76 valence electrons.